The van der Waals surface area contributed by atoms with Crippen molar-refractivity contribution in [2.45, 2.75) is 6.36 Å². The lowest BCUT2D eigenvalue weighted by molar-refractivity contribution is -0.274. The van der Waals surface area contributed by atoms with Crippen LogP contribution < -0.4 is 10.5 Å². The van der Waals surface area contributed by atoms with Crippen LogP contribution in [0.25, 0.3) is 0 Å². The second-order valence-electron chi connectivity index (χ2n) is 2.46. The van der Waals surface area contributed by atoms with E-state index in [1.807, 2.05) is 0 Å². The molecule has 14 heavy (non-hydrogen) atoms. The van der Waals surface area contributed by atoms with E-state index in [0.717, 1.165) is 6.07 Å². The highest BCUT2D eigenvalue weighted by molar-refractivity contribution is 5.97. The van der Waals surface area contributed by atoms with E-state index in [-0.39, 0.29) is 5.56 Å². The van der Waals surface area contributed by atoms with Gasteiger partial charge in [0.2, 0.25) is 0 Å². The Bertz CT molecular complexity index is 349. The molecule has 0 saturated carbocycles. The summed E-state index contributed by atoms with van der Waals surface area (Å²) in [5, 5.41) is 7.01. The first-order valence-corrected chi connectivity index (χ1v) is 3.59. The highest BCUT2D eigenvalue weighted by atomic mass is 19.4. The minimum absolute atomic E-state index is 0.0789. The summed E-state index contributed by atoms with van der Waals surface area (Å²) in [5.74, 6) is -0.933. The van der Waals surface area contributed by atoms with E-state index in [0.29, 0.717) is 0 Å². The van der Waals surface area contributed by atoms with Gasteiger partial charge in [-0.25, -0.2) is 0 Å². The first-order chi connectivity index (χ1) is 6.40. The number of nitrogens with two attached hydrogens (primary N) is 1. The molecule has 3 N–H and O–H groups in total. The molecule has 0 aliphatic rings. The van der Waals surface area contributed by atoms with E-state index in [4.69, 9.17) is 11.1 Å². The van der Waals surface area contributed by atoms with Crippen LogP contribution in [-0.4, -0.2) is 12.2 Å². The summed E-state index contributed by atoms with van der Waals surface area (Å²) in [6.07, 6.45) is -4.77. The number of hydrogen-bond donors (Lipinski definition) is 2. The van der Waals surface area contributed by atoms with Crippen molar-refractivity contribution in [3.05, 3.63) is 29.8 Å². The molecule has 0 spiro atoms. The van der Waals surface area contributed by atoms with Gasteiger partial charge in [0.1, 0.15) is 11.6 Å². The molecular formula is C8H7F3N2O. The molecule has 0 unspecified atom stereocenters. The van der Waals surface area contributed by atoms with Crippen LogP contribution in [0.15, 0.2) is 24.3 Å². The number of amidine groups is 1. The zero-order valence-corrected chi connectivity index (χ0v) is 6.93. The number of para-hydroxylation sites is 1. The molecule has 1 aromatic rings. The Labute approximate surface area is 77.8 Å². The van der Waals surface area contributed by atoms with Crippen LogP contribution in [0, 0.1) is 5.41 Å². The number of benzene rings is 1. The predicted molar refractivity (Wildman–Crippen MR) is 44.1 cm³/mol. The summed E-state index contributed by atoms with van der Waals surface area (Å²) in [5.41, 5.74) is 4.99. The molecule has 0 aliphatic heterocycles. The summed E-state index contributed by atoms with van der Waals surface area (Å²) in [7, 11) is 0. The predicted octanol–water partition coefficient (Wildman–Crippen LogP) is 1.87. The van der Waals surface area contributed by atoms with Gasteiger partial charge in [-0.3, -0.25) is 5.41 Å². The van der Waals surface area contributed by atoms with Crippen LogP contribution >= 0.6 is 0 Å². The second kappa shape index (κ2) is 3.57. The minimum atomic E-state index is -4.77. The van der Waals surface area contributed by atoms with E-state index in [1.165, 1.54) is 18.2 Å². The molecule has 0 atom stereocenters. The quantitative estimate of drug-likeness (QED) is 0.570. The van der Waals surface area contributed by atoms with Crippen LogP contribution in [0.5, 0.6) is 5.75 Å². The molecule has 0 heterocycles. The van der Waals surface area contributed by atoms with Gasteiger partial charge in [-0.1, -0.05) is 12.1 Å². The monoisotopic (exact) mass is 204 g/mol. The average Bonchev–Trinajstić information content (AvgIpc) is 2.01. The fourth-order valence-electron chi connectivity index (χ4n) is 0.903. The van der Waals surface area contributed by atoms with Crippen molar-refractivity contribution in [1.29, 1.82) is 5.41 Å². The van der Waals surface area contributed by atoms with Crippen LogP contribution in [0.1, 0.15) is 5.56 Å². The smallest absolute Gasteiger partial charge is 0.405 e. The maximum Gasteiger partial charge on any atom is 0.573 e. The third-order valence-electron chi connectivity index (χ3n) is 1.40. The summed E-state index contributed by atoms with van der Waals surface area (Å²) >= 11 is 0. The Morgan fingerprint density at radius 1 is 1.29 bits per heavy atom. The SMILES string of the molecule is N=C(N)c1ccccc1OC(F)(F)F. The topological polar surface area (TPSA) is 59.1 Å². The first-order valence-electron chi connectivity index (χ1n) is 3.59. The lowest BCUT2D eigenvalue weighted by Crippen LogP contribution is -2.20. The summed E-state index contributed by atoms with van der Waals surface area (Å²) in [6, 6.07) is 5.22. The average molecular weight is 204 g/mol. The molecule has 0 aliphatic carbocycles. The summed E-state index contributed by atoms with van der Waals surface area (Å²) in [6.45, 7) is 0. The zero-order valence-electron chi connectivity index (χ0n) is 6.93. The molecule has 76 valence electrons. The van der Waals surface area contributed by atoms with E-state index in [2.05, 4.69) is 4.74 Å². The molecule has 0 radical (unpaired) electrons. The number of hydrogen-bond acceptors (Lipinski definition) is 2. The number of rotatable bonds is 2. The largest absolute Gasteiger partial charge is 0.573 e. The molecule has 0 fully saturated rings. The van der Waals surface area contributed by atoms with E-state index < -0.39 is 17.9 Å². The molecular weight excluding hydrogens is 197 g/mol. The van der Waals surface area contributed by atoms with Crippen molar-refractivity contribution in [1.82, 2.24) is 0 Å². The van der Waals surface area contributed by atoms with Gasteiger partial charge in [-0.15, -0.1) is 13.2 Å². The first kappa shape index (κ1) is 10.4. The van der Waals surface area contributed by atoms with E-state index in [1.54, 1.807) is 0 Å². The van der Waals surface area contributed by atoms with Crippen LogP contribution in [0.2, 0.25) is 0 Å². The van der Waals surface area contributed by atoms with Crippen LogP contribution in [0.4, 0.5) is 13.2 Å². The van der Waals surface area contributed by atoms with Gasteiger partial charge < -0.3 is 10.5 Å². The number of halogens is 3. The van der Waals surface area contributed by atoms with Crippen molar-refractivity contribution in [2.24, 2.45) is 5.73 Å². The van der Waals surface area contributed by atoms with Gasteiger partial charge >= 0.3 is 6.36 Å². The zero-order chi connectivity index (χ0) is 10.8. The third-order valence-corrected chi connectivity index (χ3v) is 1.40. The highest BCUT2D eigenvalue weighted by Crippen LogP contribution is 2.25. The van der Waals surface area contributed by atoms with Crippen molar-refractivity contribution < 1.29 is 17.9 Å². The van der Waals surface area contributed by atoms with Crippen molar-refractivity contribution in [3.8, 4) is 5.75 Å². The van der Waals surface area contributed by atoms with Gasteiger partial charge in [0.05, 0.1) is 5.56 Å². The van der Waals surface area contributed by atoms with Crippen molar-refractivity contribution in [2.75, 3.05) is 0 Å². The Balaban J connectivity index is 3.02. The normalized spacial score (nSPS) is 11.1. The number of nitrogens with one attached hydrogen (secondary N) is 1. The minimum Gasteiger partial charge on any atom is -0.405 e. The van der Waals surface area contributed by atoms with Gasteiger partial charge in [0.25, 0.3) is 0 Å². The Hall–Kier alpha value is -1.72. The number of ether oxygens (including phenoxy) is 1. The fraction of sp³-hybridized carbons (Fsp3) is 0.125. The van der Waals surface area contributed by atoms with Crippen molar-refractivity contribution in [3.63, 3.8) is 0 Å². The van der Waals surface area contributed by atoms with Crippen molar-refractivity contribution >= 4 is 5.84 Å². The summed E-state index contributed by atoms with van der Waals surface area (Å²) < 4.78 is 39.2. The fourth-order valence-corrected chi connectivity index (χ4v) is 0.903. The molecule has 0 amide bonds. The molecule has 0 bridgehead atoms. The third kappa shape index (κ3) is 2.65. The van der Waals surface area contributed by atoms with Gasteiger partial charge in [0, 0.05) is 0 Å². The van der Waals surface area contributed by atoms with Gasteiger partial charge in [-0.05, 0) is 12.1 Å². The van der Waals surface area contributed by atoms with Crippen LogP contribution in [0.3, 0.4) is 0 Å². The molecule has 0 saturated heterocycles. The molecule has 6 heteroatoms. The number of nitrogen functional groups attached to an aromatic ring is 1. The Morgan fingerprint density at radius 3 is 2.36 bits per heavy atom. The maximum atomic E-state index is 11.9. The number of alkyl halides is 3. The molecule has 1 rings (SSSR count). The standard InChI is InChI=1S/C8H7F3N2O/c9-8(10,11)14-6-4-2-1-3-5(6)7(12)13/h1-4H,(H3,12,13). The lowest BCUT2D eigenvalue weighted by atomic mass is 10.2. The molecule has 3 nitrogen and oxygen atoms in total. The highest BCUT2D eigenvalue weighted by Gasteiger charge is 2.32. The van der Waals surface area contributed by atoms with Crippen LogP contribution in [-0.2, 0) is 0 Å². The Kier molecular flexibility index (Phi) is 2.64. The summed E-state index contributed by atoms with van der Waals surface area (Å²) in [4.78, 5) is 0. The lowest BCUT2D eigenvalue weighted by Gasteiger charge is -2.11. The van der Waals surface area contributed by atoms with E-state index in [9.17, 15) is 13.2 Å². The van der Waals surface area contributed by atoms with E-state index >= 15 is 0 Å². The molecule has 0 aromatic heterocycles. The van der Waals surface area contributed by atoms with Gasteiger partial charge in [-0.2, -0.15) is 0 Å². The van der Waals surface area contributed by atoms with Gasteiger partial charge in [0.15, 0.2) is 0 Å². The maximum absolute atomic E-state index is 11.9. The Morgan fingerprint density at radius 2 is 1.86 bits per heavy atom. The molecule has 1 aromatic carbocycles. The second-order valence-corrected chi connectivity index (χ2v) is 2.46.